The fourth-order valence-corrected chi connectivity index (χ4v) is 17.6. The summed E-state index contributed by atoms with van der Waals surface area (Å²) in [7, 11) is -2.69. The Kier molecular flexibility index (Phi) is 11.2. The second-order valence-corrected chi connectivity index (χ2v) is 24.2. The molecule has 0 saturated heterocycles. The van der Waals surface area contributed by atoms with E-state index in [2.05, 4.69) is 301 Å². The highest BCUT2D eigenvalue weighted by atomic mass is 28.3. The zero-order valence-corrected chi connectivity index (χ0v) is 42.7. The van der Waals surface area contributed by atoms with E-state index in [0.717, 1.165) is 12.8 Å². The first-order valence-electron chi connectivity index (χ1n) is 26.4. The first-order chi connectivity index (χ1) is 37.2. The van der Waals surface area contributed by atoms with Gasteiger partial charge in [-0.05, 0) is 138 Å². The van der Waals surface area contributed by atoms with Gasteiger partial charge in [0, 0.05) is 46.0 Å². The van der Waals surface area contributed by atoms with Gasteiger partial charge in [-0.1, -0.05) is 243 Å². The largest absolute Gasteiger partial charge is 0.313 e. The summed E-state index contributed by atoms with van der Waals surface area (Å²) >= 11 is 0. The molecule has 2 nitrogen and oxygen atoms in total. The lowest BCUT2D eigenvalue weighted by molar-refractivity contribution is 0.831. The Morgan fingerprint density at radius 3 is 1.11 bits per heavy atom. The lowest BCUT2D eigenvalue weighted by atomic mass is 9.83. The summed E-state index contributed by atoms with van der Waals surface area (Å²) in [5, 5.41) is 5.50. The van der Waals surface area contributed by atoms with Crippen molar-refractivity contribution >= 4 is 62.7 Å². The van der Waals surface area contributed by atoms with E-state index in [4.69, 9.17) is 0 Å². The van der Waals surface area contributed by atoms with Crippen molar-refractivity contribution < 1.29 is 0 Å². The fraction of sp³-hybridized carbons (Fsp3) is 0.0556. The van der Waals surface area contributed by atoms with Crippen LogP contribution in [0.2, 0.25) is 0 Å². The monoisotopic (exact) mass is 974 g/mol. The van der Waals surface area contributed by atoms with Gasteiger partial charge in [0.25, 0.3) is 0 Å². The first kappa shape index (κ1) is 44.7. The highest BCUT2D eigenvalue weighted by Gasteiger charge is 2.42. The summed E-state index contributed by atoms with van der Waals surface area (Å²) in [6, 6.07) is 99.3. The summed E-state index contributed by atoms with van der Waals surface area (Å²) in [4.78, 5) is 4.99. The molecule has 2 atom stereocenters. The van der Waals surface area contributed by atoms with E-state index >= 15 is 0 Å². The van der Waals surface area contributed by atoms with Gasteiger partial charge in [-0.3, -0.25) is 0 Å². The molecule has 0 aromatic heterocycles. The molecule has 0 spiro atoms. The molecule has 0 radical (unpaired) electrons. The number of benzene rings is 10. The van der Waals surface area contributed by atoms with E-state index in [1.807, 2.05) is 0 Å². The molecule has 0 fully saturated rings. The number of fused-ring (bicyclic) bond motifs is 6. The Balaban J connectivity index is 0.766. The van der Waals surface area contributed by atoms with Crippen LogP contribution in [-0.2, 0) is 0 Å². The summed E-state index contributed by atoms with van der Waals surface area (Å²) in [5.74, 6) is 0.549. The van der Waals surface area contributed by atoms with E-state index in [1.54, 1.807) is 0 Å². The van der Waals surface area contributed by atoms with Crippen LogP contribution in [0.3, 0.4) is 0 Å². The fourth-order valence-electron chi connectivity index (χ4n) is 12.8. The molecule has 75 heavy (non-hydrogen) atoms. The van der Waals surface area contributed by atoms with Crippen molar-refractivity contribution in [1.82, 2.24) is 0 Å². The van der Waals surface area contributed by atoms with Crippen LogP contribution in [0.5, 0.6) is 0 Å². The summed E-state index contributed by atoms with van der Waals surface area (Å²) < 4.78 is 0. The molecule has 2 aliphatic carbocycles. The molecule has 0 N–H and O–H groups in total. The van der Waals surface area contributed by atoms with E-state index in [-0.39, 0.29) is 5.92 Å². The van der Waals surface area contributed by atoms with Crippen LogP contribution >= 0.6 is 0 Å². The molecule has 3 heteroatoms. The smallest absolute Gasteiger partial charge is 0.179 e. The minimum Gasteiger partial charge on any atom is -0.313 e. The molecule has 10 aromatic rings. The molecular formula is C72H54N2Si. The third-order valence-corrected chi connectivity index (χ3v) is 21.1. The van der Waals surface area contributed by atoms with Crippen molar-refractivity contribution in [1.29, 1.82) is 0 Å². The van der Waals surface area contributed by atoms with Crippen LogP contribution in [0.1, 0.15) is 46.9 Å². The second kappa shape index (κ2) is 18.8. The Labute approximate surface area is 441 Å². The lowest BCUT2D eigenvalue weighted by Crippen LogP contribution is -2.74. The van der Waals surface area contributed by atoms with E-state index < -0.39 is 8.07 Å². The molecular weight excluding hydrogens is 921 g/mol. The standard InChI is InChI=1S/C72H54N2Si/c1-5-20-51(21-6-1)54-22-17-25-59(46-54)73-69-36-15-13-34-65(69)67-49-57(42-44-71(67)73)52-38-40-53(41-39-52)58-43-45-72-68(50-58)66-35-14-16-37-70(66)74(72)60-26-18-23-55(47-60)56-24-19-33-64(48-56)75(61-27-7-2-8-28-61,62-29-9-3-10-30-62)63-31-11-4-12-32-63/h1-48,67-68H,49-50H2. The number of nitrogens with zero attached hydrogens (tertiary/aromatic N) is 2. The number of hydrogen-bond acceptors (Lipinski definition) is 2. The number of para-hydroxylation sites is 2. The van der Waals surface area contributed by atoms with Gasteiger partial charge in [0.15, 0.2) is 8.07 Å². The molecule has 2 heterocycles. The van der Waals surface area contributed by atoms with Crippen molar-refractivity contribution in [2.24, 2.45) is 0 Å². The molecule has 0 bridgehead atoms. The predicted octanol–water partition coefficient (Wildman–Crippen LogP) is 15.6. The summed E-state index contributed by atoms with van der Waals surface area (Å²) in [6.07, 6.45) is 11.4. The number of anilines is 4. The molecule has 10 aromatic carbocycles. The zero-order valence-electron chi connectivity index (χ0n) is 41.7. The normalized spacial score (nSPS) is 16.4. The molecule has 2 aliphatic heterocycles. The lowest BCUT2D eigenvalue weighted by Gasteiger charge is -2.34. The van der Waals surface area contributed by atoms with Crippen LogP contribution in [-0.4, -0.2) is 8.07 Å². The molecule has 0 saturated carbocycles. The molecule has 0 amide bonds. The summed E-state index contributed by atoms with van der Waals surface area (Å²) in [6.45, 7) is 0. The Hall–Kier alpha value is -9.02. The zero-order chi connectivity index (χ0) is 49.7. The maximum Gasteiger partial charge on any atom is 0.179 e. The van der Waals surface area contributed by atoms with Crippen molar-refractivity contribution in [3.05, 3.63) is 325 Å². The van der Waals surface area contributed by atoms with Gasteiger partial charge in [-0.15, -0.1) is 0 Å². The van der Waals surface area contributed by atoms with Gasteiger partial charge >= 0.3 is 0 Å². The average molecular weight is 975 g/mol. The highest BCUT2D eigenvalue weighted by Crippen LogP contribution is 2.55. The third-order valence-electron chi connectivity index (χ3n) is 16.3. The topological polar surface area (TPSA) is 6.48 Å². The minimum atomic E-state index is -2.69. The maximum atomic E-state index is 2.51. The Bertz CT molecular complexity index is 3790. The van der Waals surface area contributed by atoms with Crippen molar-refractivity contribution in [3.63, 3.8) is 0 Å². The Morgan fingerprint density at radius 1 is 0.280 bits per heavy atom. The van der Waals surface area contributed by atoms with Crippen molar-refractivity contribution in [3.8, 4) is 22.3 Å². The van der Waals surface area contributed by atoms with Gasteiger partial charge in [-0.25, -0.2) is 0 Å². The van der Waals surface area contributed by atoms with Gasteiger partial charge in [0.05, 0.1) is 0 Å². The number of hydrogen-bond donors (Lipinski definition) is 0. The van der Waals surface area contributed by atoms with Crippen molar-refractivity contribution in [2.75, 3.05) is 9.80 Å². The first-order valence-corrected chi connectivity index (χ1v) is 28.4. The second-order valence-electron chi connectivity index (χ2n) is 20.3. The van der Waals surface area contributed by atoms with E-state index in [1.165, 1.54) is 111 Å². The molecule has 356 valence electrons. The molecule has 4 aliphatic rings. The predicted molar refractivity (Wildman–Crippen MR) is 318 cm³/mol. The van der Waals surface area contributed by atoms with Crippen LogP contribution < -0.4 is 30.5 Å². The van der Waals surface area contributed by atoms with Gasteiger partial charge < -0.3 is 9.80 Å². The van der Waals surface area contributed by atoms with Gasteiger partial charge in [0.2, 0.25) is 0 Å². The van der Waals surface area contributed by atoms with E-state index in [0.29, 0.717) is 5.92 Å². The average Bonchev–Trinajstić information content (AvgIpc) is 4.04. The van der Waals surface area contributed by atoms with Gasteiger partial charge in [-0.2, -0.15) is 0 Å². The van der Waals surface area contributed by atoms with Crippen LogP contribution in [0.4, 0.5) is 22.7 Å². The number of rotatable bonds is 10. The summed E-state index contributed by atoms with van der Waals surface area (Å²) in [5.41, 5.74) is 20.6. The van der Waals surface area contributed by atoms with Crippen LogP contribution in [0.25, 0.3) is 33.4 Å². The van der Waals surface area contributed by atoms with Gasteiger partial charge in [0.1, 0.15) is 0 Å². The molecule has 14 rings (SSSR count). The third kappa shape index (κ3) is 7.70. The maximum absolute atomic E-state index is 2.69. The molecule has 2 unspecified atom stereocenters. The minimum absolute atomic E-state index is 0.255. The van der Waals surface area contributed by atoms with Crippen LogP contribution in [0.15, 0.2) is 303 Å². The van der Waals surface area contributed by atoms with Crippen LogP contribution in [0, 0.1) is 0 Å². The van der Waals surface area contributed by atoms with Crippen molar-refractivity contribution in [2.45, 2.75) is 24.7 Å². The SMILES string of the molecule is C1=C(c2ccc(C3=CC=C4C(C3)c3ccccc3N4c3cccc(-c4cccc([Si](c5ccccc5)(c5ccccc5)c5ccccc5)c4)c3)cc2)CC2C(=C1)N(c1cccc(-c3ccccc3)c1)c1ccccc12. The quantitative estimate of drug-likeness (QED) is 0.0995. The van der Waals surface area contributed by atoms with E-state index in [9.17, 15) is 0 Å². The Morgan fingerprint density at radius 2 is 0.640 bits per heavy atom. The number of allylic oxidation sites excluding steroid dienone is 8. The highest BCUT2D eigenvalue weighted by molar-refractivity contribution is 7.19.